The molecule has 2 aromatic heterocycles. The highest BCUT2D eigenvalue weighted by molar-refractivity contribution is 5.98. The van der Waals surface area contributed by atoms with Crippen LogP contribution in [0.2, 0.25) is 0 Å². The van der Waals surface area contributed by atoms with E-state index in [9.17, 15) is 4.79 Å². The van der Waals surface area contributed by atoms with Gasteiger partial charge in [0, 0.05) is 17.3 Å². The Hall–Kier alpha value is -2.63. The third kappa shape index (κ3) is 3.00. The second-order valence-corrected chi connectivity index (χ2v) is 5.69. The lowest BCUT2D eigenvalue weighted by Gasteiger charge is -2.21. The van der Waals surface area contributed by atoms with Crippen molar-refractivity contribution in [2.24, 2.45) is 5.92 Å². The van der Waals surface area contributed by atoms with Crippen molar-refractivity contribution in [1.29, 1.82) is 0 Å². The molecule has 3 rings (SSSR count). The van der Waals surface area contributed by atoms with Gasteiger partial charge >= 0.3 is 0 Å². The first kappa shape index (κ1) is 14.3. The lowest BCUT2D eigenvalue weighted by Crippen LogP contribution is -2.42. The third-order valence-corrected chi connectivity index (χ3v) is 3.77. The zero-order chi connectivity index (χ0) is 15.5. The van der Waals surface area contributed by atoms with Crippen LogP contribution in [0.15, 0.2) is 42.9 Å². The van der Waals surface area contributed by atoms with Gasteiger partial charge in [-0.25, -0.2) is 0 Å². The van der Waals surface area contributed by atoms with Crippen molar-refractivity contribution in [3.8, 4) is 0 Å². The van der Waals surface area contributed by atoms with Gasteiger partial charge in [0.2, 0.25) is 0 Å². The van der Waals surface area contributed by atoms with Crippen molar-refractivity contribution in [3.63, 3.8) is 0 Å². The number of fused-ring (bicyclic) bond motifs is 1. The molecule has 0 radical (unpaired) electrons. The quantitative estimate of drug-likeness (QED) is 0.758. The molecule has 3 aromatic rings. The van der Waals surface area contributed by atoms with Crippen molar-refractivity contribution in [2.45, 2.75) is 26.4 Å². The van der Waals surface area contributed by atoms with E-state index in [1.807, 2.05) is 30.5 Å². The summed E-state index contributed by atoms with van der Waals surface area (Å²) in [5, 5.41) is 12.4. The number of hydrogen-bond donors (Lipinski definition) is 2. The van der Waals surface area contributed by atoms with Gasteiger partial charge in [-0.2, -0.15) is 15.0 Å². The predicted molar refractivity (Wildman–Crippen MR) is 84.4 cm³/mol. The first-order valence-electron chi connectivity index (χ1n) is 7.35. The van der Waals surface area contributed by atoms with Crippen molar-refractivity contribution in [3.05, 3.63) is 48.4 Å². The van der Waals surface area contributed by atoms with Gasteiger partial charge < -0.3 is 10.3 Å². The summed E-state index contributed by atoms with van der Waals surface area (Å²) in [6, 6.07) is 7.61. The molecule has 0 aliphatic rings. The molecule has 114 valence electrons. The molecule has 1 amide bonds. The normalized spacial score (nSPS) is 12.7. The number of nitrogens with zero attached hydrogens (tertiary/aromatic N) is 3. The van der Waals surface area contributed by atoms with Gasteiger partial charge in [0.25, 0.3) is 5.91 Å². The van der Waals surface area contributed by atoms with Gasteiger partial charge in [-0.1, -0.05) is 19.9 Å². The van der Waals surface area contributed by atoms with Gasteiger partial charge in [-0.3, -0.25) is 4.79 Å². The Morgan fingerprint density at radius 3 is 2.77 bits per heavy atom. The highest BCUT2D eigenvalue weighted by Gasteiger charge is 2.18. The highest BCUT2D eigenvalue weighted by Crippen LogP contribution is 2.15. The summed E-state index contributed by atoms with van der Waals surface area (Å²) in [6.45, 7) is 4.70. The second kappa shape index (κ2) is 6.01. The number of amides is 1. The highest BCUT2D eigenvalue weighted by atomic mass is 16.1. The van der Waals surface area contributed by atoms with Gasteiger partial charge in [-0.05, 0) is 29.5 Å². The van der Waals surface area contributed by atoms with E-state index in [4.69, 9.17) is 0 Å². The molecule has 22 heavy (non-hydrogen) atoms. The minimum atomic E-state index is -0.0812. The van der Waals surface area contributed by atoms with Gasteiger partial charge in [0.15, 0.2) is 0 Å². The Balaban J connectivity index is 1.75. The zero-order valence-electron chi connectivity index (χ0n) is 12.7. The maximum Gasteiger partial charge on any atom is 0.251 e. The zero-order valence-corrected chi connectivity index (χ0v) is 12.7. The van der Waals surface area contributed by atoms with Crippen LogP contribution in [0.25, 0.3) is 10.9 Å². The van der Waals surface area contributed by atoms with E-state index in [-0.39, 0.29) is 17.9 Å². The fourth-order valence-corrected chi connectivity index (χ4v) is 2.38. The van der Waals surface area contributed by atoms with Crippen LogP contribution >= 0.6 is 0 Å². The molecular formula is C16H19N5O. The summed E-state index contributed by atoms with van der Waals surface area (Å²) < 4.78 is 0. The van der Waals surface area contributed by atoms with E-state index in [2.05, 4.69) is 34.3 Å². The lowest BCUT2D eigenvalue weighted by molar-refractivity contribution is 0.0918. The number of aromatic nitrogens is 4. The molecule has 2 heterocycles. The standard InChI is InChI=1S/C16H19N5O/c1-11(2)15(10-21-18-7-8-19-21)20-16(22)13-4-3-12-5-6-17-14(12)9-13/h3-9,11,15,17H,10H2,1-2H3,(H,20,22). The number of carbonyl (C=O) groups is 1. The Labute approximate surface area is 128 Å². The molecule has 6 nitrogen and oxygen atoms in total. The summed E-state index contributed by atoms with van der Waals surface area (Å²) in [5.74, 6) is 0.200. The molecular weight excluding hydrogens is 278 g/mol. The summed E-state index contributed by atoms with van der Waals surface area (Å²) in [7, 11) is 0. The molecule has 1 atom stereocenters. The van der Waals surface area contributed by atoms with E-state index < -0.39 is 0 Å². The van der Waals surface area contributed by atoms with Crippen LogP contribution < -0.4 is 5.32 Å². The SMILES string of the molecule is CC(C)C(Cn1nccn1)NC(=O)c1ccc2cc[nH]c2c1. The largest absolute Gasteiger partial charge is 0.361 e. The van der Waals surface area contributed by atoms with Gasteiger partial charge in [0.05, 0.1) is 25.0 Å². The van der Waals surface area contributed by atoms with Crippen LogP contribution in [0.4, 0.5) is 0 Å². The van der Waals surface area contributed by atoms with E-state index in [0.717, 1.165) is 10.9 Å². The monoisotopic (exact) mass is 297 g/mol. The van der Waals surface area contributed by atoms with Gasteiger partial charge in [-0.15, -0.1) is 0 Å². The van der Waals surface area contributed by atoms with Crippen LogP contribution in [0.1, 0.15) is 24.2 Å². The molecule has 0 saturated heterocycles. The van der Waals surface area contributed by atoms with Crippen molar-refractivity contribution < 1.29 is 4.79 Å². The van der Waals surface area contributed by atoms with Crippen LogP contribution in [-0.4, -0.2) is 31.9 Å². The van der Waals surface area contributed by atoms with Crippen LogP contribution in [0.3, 0.4) is 0 Å². The van der Waals surface area contributed by atoms with E-state index >= 15 is 0 Å². The summed E-state index contributed by atoms with van der Waals surface area (Å²) in [5.41, 5.74) is 1.61. The molecule has 0 saturated carbocycles. The smallest absolute Gasteiger partial charge is 0.251 e. The molecule has 0 aliphatic heterocycles. The fourth-order valence-electron chi connectivity index (χ4n) is 2.38. The molecule has 1 aromatic carbocycles. The number of rotatable bonds is 5. The van der Waals surface area contributed by atoms with E-state index in [1.165, 1.54) is 0 Å². The number of aromatic amines is 1. The average Bonchev–Trinajstić information content (AvgIpc) is 3.16. The summed E-state index contributed by atoms with van der Waals surface area (Å²) in [4.78, 5) is 17.2. The minimum absolute atomic E-state index is 0.0285. The van der Waals surface area contributed by atoms with Crippen molar-refractivity contribution in [2.75, 3.05) is 0 Å². The number of nitrogens with one attached hydrogen (secondary N) is 2. The van der Waals surface area contributed by atoms with E-state index in [1.54, 1.807) is 17.2 Å². The van der Waals surface area contributed by atoms with Crippen molar-refractivity contribution >= 4 is 16.8 Å². The minimum Gasteiger partial charge on any atom is -0.361 e. The lowest BCUT2D eigenvalue weighted by atomic mass is 10.0. The molecule has 0 aliphatic carbocycles. The predicted octanol–water partition coefficient (Wildman–Crippen LogP) is 2.21. The first-order chi connectivity index (χ1) is 10.6. The Bertz CT molecular complexity index is 760. The molecule has 1 unspecified atom stereocenters. The topological polar surface area (TPSA) is 75.6 Å². The maximum atomic E-state index is 12.5. The van der Waals surface area contributed by atoms with E-state index in [0.29, 0.717) is 12.1 Å². The molecule has 6 heteroatoms. The molecule has 0 bridgehead atoms. The number of benzene rings is 1. The Morgan fingerprint density at radius 2 is 2.05 bits per heavy atom. The number of hydrogen-bond acceptors (Lipinski definition) is 3. The second-order valence-electron chi connectivity index (χ2n) is 5.69. The van der Waals surface area contributed by atoms with Crippen LogP contribution in [-0.2, 0) is 6.54 Å². The summed E-state index contributed by atoms with van der Waals surface area (Å²) >= 11 is 0. The number of carbonyl (C=O) groups excluding carboxylic acids is 1. The third-order valence-electron chi connectivity index (χ3n) is 3.77. The number of H-pyrrole nitrogens is 1. The molecule has 2 N–H and O–H groups in total. The molecule has 0 fully saturated rings. The van der Waals surface area contributed by atoms with Gasteiger partial charge in [0.1, 0.15) is 0 Å². The Morgan fingerprint density at radius 1 is 1.27 bits per heavy atom. The first-order valence-corrected chi connectivity index (χ1v) is 7.35. The average molecular weight is 297 g/mol. The summed E-state index contributed by atoms with van der Waals surface area (Å²) in [6.07, 6.45) is 5.14. The van der Waals surface area contributed by atoms with Crippen LogP contribution in [0, 0.1) is 5.92 Å². The maximum absolute atomic E-state index is 12.5. The molecule has 0 spiro atoms. The van der Waals surface area contributed by atoms with Crippen LogP contribution in [0.5, 0.6) is 0 Å². The van der Waals surface area contributed by atoms with Crippen molar-refractivity contribution in [1.82, 2.24) is 25.3 Å². The Kier molecular flexibility index (Phi) is 3.91. The fraction of sp³-hybridized carbons (Fsp3) is 0.312.